The topological polar surface area (TPSA) is 49.8 Å². The highest BCUT2D eigenvalue weighted by Gasteiger charge is 2.60. The van der Waals surface area contributed by atoms with Gasteiger partial charge < -0.3 is 14.7 Å². The molecule has 0 aromatic heterocycles. The first-order valence-electron chi connectivity index (χ1n) is 6.27. The SMILES string of the molecule is COc1ccc(CN2CC3C(CO)C3C2=O)cc1. The Morgan fingerprint density at radius 2 is 2.11 bits per heavy atom. The molecule has 1 aromatic rings. The van der Waals surface area contributed by atoms with Crippen molar-refractivity contribution in [1.29, 1.82) is 0 Å². The second kappa shape index (κ2) is 4.28. The summed E-state index contributed by atoms with van der Waals surface area (Å²) in [6, 6.07) is 7.79. The van der Waals surface area contributed by atoms with E-state index in [0.29, 0.717) is 12.5 Å². The van der Waals surface area contributed by atoms with Crippen LogP contribution in [0, 0.1) is 17.8 Å². The van der Waals surface area contributed by atoms with Crippen LogP contribution in [-0.4, -0.2) is 36.2 Å². The van der Waals surface area contributed by atoms with E-state index in [1.54, 1.807) is 7.11 Å². The number of likely N-dealkylation sites (tertiary alicyclic amines) is 1. The van der Waals surface area contributed by atoms with E-state index < -0.39 is 0 Å². The number of carbonyl (C=O) groups is 1. The van der Waals surface area contributed by atoms with E-state index in [2.05, 4.69) is 0 Å². The number of hydrogen-bond donors (Lipinski definition) is 1. The van der Waals surface area contributed by atoms with Crippen LogP contribution in [0.4, 0.5) is 0 Å². The van der Waals surface area contributed by atoms with Crippen LogP contribution in [-0.2, 0) is 11.3 Å². The monoisotopic (exact) mass is 247 g/mol. The van der Waals surface area contributed by atoms with Crippen molar-refractivity contribution in [2.45, 2.75) is 6.54 Å². The lowest BCUT2D eigenvalue weighted by Crippen LogP contribution is -2.30. The number of carbonyl (C=O) groups excluding carboxylic acids is 1. The van der Waals surface area contributed by atoms with Crippen molar-refractivity contribution >= 4 is 5.91 Å². The van der Waals surface area contributed by atoms with Gasteiger partial charge in [-0.2, -0.15) is 0 Å². The van der Waals surface area contributed by atoms with Crippen LogP contribution in [0.1, 0.15) is 5.56 Å². The van der Waals surface area contributed by atoms with Gasteiger partial charge in [0.25, 0.3) is 0 Å². The minimum absolute atomic E-state index is 0.0910. The number of benzene rings is 1. The number of aliphatic hydroxyl groups is 1. The van der Waals surface area contributed by atoms with Crippen molar-refractivity contribution in [2.24, 2.45) is 17.8 Å². The highest BCUT2D eigenvalue weighted by molar-refractivity contribution is 5.85. The number of hydrogen-bond acceptors (Lipinski definition) is 3. The van der Waals surface area contributed by atoms with E-state index in [1.165, 1.54) is 0 Å². The Balaban J connectivity index is 1.63. The number of amides is 1. The number of fused-ring (bicyclic) bond motifs is 1. The molecule has 3 rings (SSSR count). The predicted octanol–water partition coefficient (Wildman–Crippen LogP) is 0.892. The third kappa shape index (κ3) is 1.77. The Hall–Kier alpha value is -1.55. The highest BCUT2D eigenvalue weighted by atomic mass is 16.5. The first kappa shape index (κ1) is 11.5. The van der Waals surface area contributed by atoms with Crippen molar-refractivity contribution < 1.29 is 14.6 Å². The molecule has 3 unspecified atom stereocenters. The molecule has 1 saturated heterocycles. The van der Waals surface area contributed by atoms with Gasteiger partial charge >= 0.3 is 0 Å². The number of ether oxygens (including phenoxy) is 1. The molecule has 0 spiro atoms. The largest absolute Gasteiger partial charge is 0.497 e. The van der Waals surface area contributed by atoms with E-state index in [0.717, 1.165) is 17.9 Å². The Kier molecular flexibility index (Phi) is 2.74. The van der Waals surface area contributed by atoms with E-state index in [-0.39, 0.29) is 24.3 Å². The maximum Gasteiger partial charge on any atom is 0.226 e. The molecule has 18 heavy (non-hydrogen) atoms. The van der Waals surface area contributed by atoms with Gasteiger partial charge in [0.1, 0.15) is 5.75 Å². The molecule has 96 valence electrons. The maximum absolute atomic E-state index is 12.0. The first-order valence-corrected chi connectivity index (χ1v) is 6.27. The van der Waals surface area contributed by atoms with Gasteiger partial charge in [-0.25, -0.2) is 0 Å². The van der Waals surface area contributed by atoms with Crippen LogP contribution < -0.4 is 4.74 Å². The summed E-state index contributed by atoms with van der Waals surface area (Å²) in [5, 5.41) is 9.08. The number of aliphatic hydroxyl groups excluding tert-OH is 1. The van der Waals surface area contributed by atoms with Gasteiger partial charge in [0.2, 0.25) is 5.91 Å². The van der Waals surface area contributed by atoms with Crippen molar-refractivity contribution in [3.05, 3.63) is 29.8 Å². The van der Waals surface area contributed by atoms with Crippen molar-refractivity contribution in [3.8, 4) is 5.75 Å². The van der Waals surface area contributed by atoms with Gasteiger partial charge in [-0.15, -0.1) is 0 Å². The second-order valence-electron chi connectivity index (χ2n) is 5.10. The molecule has 4 heteroatoms. The molecule has 3 atom stereocenters. The van der Waals surface area contributed by atoms with E-state index in [9.17, 15) is 4.79 Å². The quantitative estimate of drug-likeness (QED) is 0.859. The van der Waals surface area contributed by atoms with Gasteiger partial charge in [-0.05, 0) is 29.5 Å². The molecule has 0 bridgehead atoms. The summed E-state index contributed by atoms with van der Waals surface area (Å²) in [6.07, 6.45) is 0. The molecular weight excluding hydrogens is 230 g/mol. The van der Waals surface area contributed by atoms with Gasteiger partial charge in [-0.1, -0.05) is 12.1 Å². The predicted molar refractivity (Wildman–Crippen MR) is 66.0 cm³/mol. The molecule has 1 aromatic carbocycles. The maximum atomic E-state index is 12.0. The van der Waals surface area contributed by atoms with E-state index >= 15 is 0 Å². The van der Waals surface area contributed by atoms with Crippen LogP contribution in [0.2, 0.25) is 0 Å². The third-order valence-corrected chi connectivity index (χ3v) is 4.10. The smallest absolute Gasteiger partial charge is 0.226 e. The van der Waals surface area contributed by atoms with Crippen LogP contribution in [0.15, 0.2) is 24.3 Å². The summed E-state index contributed by atoms with van der Waals surface area (Å²) < 4.78 is 5.10. The average molecular weight is 247 g/mol. The summed E-state index contributed by atoms with van der Waals surface area (Å²) in [5.41, 5.74) is 1.12. The number of methoxy groups -OCH3 is 1. The molecule has 4 nitrogen and oxygen atoms in total. The van der Waals surface area contributed by atoms with Crippen molar-refractivity contribution in [2.75, 3.05) is 20.3 Å². The molecule has 1 N–H and O–H groups in total. The zero-order valence-corrected chi connectivity index (χ0v) is 10.4. The van der Waals surface area contributed by atoms with Gasteiger partial charge in [0.15, 0.2) is 0 Å². The molecule has 1 aliphatic carbocycles. The molecule has 2 fully saturated rings. The molecule has 1 saturated carbocycles. The van der Waals surface area contributed by atoms with Gasteiger partial charge in [0.05, 0.1) is 7.11 Å². The standard InChI is InChI=1S/C14H17NO3/c1-18-10-4-2-9(3-5-10)6-15-7-11-12(8-16)13(11)14(15)17/h2-5,11-13,16H,6-8H2,1H3. The minimum atomic E-state index is 0.0910. The molecule has 1 amide bonds. The van der Waals surface area contributed by atoms with Gasteiger partial charge in [0, 0.05) is 25.6 Å². The van der Waals surface area contributed by atoms with Crippen molar-refractivity contribution in [1.82, 2.24) is 4.90 Å². The summed E-state index contributed by atoms with van der Waals surface area (Å²) in [5.74, 6) is 1.74. The van der Waals surface area contributed by atoms with Crippen LogP contribution >= 0.6 is 0 Å². The summed E-state index contributed by atoms with van der Waals surface area (Å²) in [6.45, 7) is 1.60. The van der Waals surface area contributed by atoms with Crippen LogP contribution in [0.5, 0.6) is 5.75 Å². The fraction of sp³-hybridized carbons (Fsp3) is 0.500. The Morgan fingerprint density at radius 1 is 1.39 bits per heavy atom. The molecule has 0 radical (unpaired) electrons. The fourth-order valence-electron chi connectivity index (χ4n) is 2.96. The zero-order valence-electron chi connectivity index (χ0n) is 10.4. The Morgan fingerprint density at radius 3 is 2.61 bits per heavy atom. The lowest BCUT2D eigenvalue weighted by Gasteiger charge is -2.19. The molecule has 2 aliphatic rings. The first-order chi connectivity index (χ1) is 8.74. The number of piperidine rings is 1. The minimum Gasteiger partial charge on any atom is -0.497 e. The van der Waals surface area contributed by atoms with Crippen LogP contribution in [0.3, 0.4) is 0 Å². The molecule has 1 heterocycles. The molecular formula is C14H17NO3. The van der Waals surface area contributed by atoms with Crippen molar-refractivity contribution in [3.63, 3.8) is 0 Å². The van der Waals surface area contributed by atoms with Crippen LogP contribution in [0.25, 0.3) is 0 Å². The fourth-order valence-corrected chi connectivity index (χ4v) is 2.96. The number of rotatable bonds is 4. The third-order valence-electron chi connectivity index (χ3n) is 4.10. The summed E-state index contributed by atoms with van der Waals surface area (Å²) in [7, 11) is 1.64. The summed E-state index contributed by atoms with van der Waals surface area (Å²) in [4.78, 5) is 13.9. The zero-order chi connectivity index (χ0) is 12.7. The van der Waals surface area contributed by atoms with E-state index in [1.807, 2.05) is 29.2 Å². The Labute approximate surface area is 106 Å². The van der Waals surface area contributed by atoms with E-state index in [4.69, 9.17) is 9.84 Å². The second-order valence-corrected chi connectivity index (χ2v) is 5.10. The lowest BCUT2D eigenvalue weighted by molar-refractivity contribution is -0.131. The molecule has 1 aliphatic heterocycles. The highest BCUT2D eigenvalue weighted by Crippen LogP contribution is 2.52. The normalized spacial score (nSPS) is 29.3. The number of nitrogens with zero attached hydrogens (tertiary/aromatic N) is 1. The summed E-state index contributed by atoms with van der Waals surface area (Å²) >= 11 is 0. The lowest BCUT2D eigenvalue weighted by atomic mass is 10.2. The average Bonchev–Trinajstić information content (AvgIpc) is 3.01. The van der Waals surface area contributed by atoms with Gasteiger partial charge in [-0.3, -0.25) is 4.79 Å². The Bertz CT molecular complexity index is 457.